The highest BCUT2D eigenvalue weighted by atomic mass is 16.3. The lowest BCUT2D eigenvalue weighted by Gasteiger charge is -2.26. The fraction of sp³-hybridized carbons (Fsp3) is 0.500. The van der Waals surface area contributed by atoms with Crippen molar-refractivity contribution >= 4 is 0 Å². The highest BCUT2D eigenvalue weighted by molar-refractivity contribution is 5.68. The SMILES string of the molecule is CCCCCc1ccc(-c2ccc(C3CCC(O)CC3)cc2C)cc1. The number of aliphatic hydroxyl groups excluding tert-OH is 1. The number of benzene rings is 2. The van der Waals surface area contributed by atoms with Crippen LogP contribution < -0.4 is 0 Å². The number of rotatable bonds is 6. The van der Waals surface area contributed by atoms with Gasteiger partial charge < -0.3 is 5.11 Å². The second-order valence-electron chi connectivity index (χ2n) is 7.73. The summed E-state index contributed by atoms with van der Waals surface area (Å²) < 4.78 is 0. The molecule has 1 heteroatoms. The van der Waals surface area contributed by atoms with E-state index < -0.39 is 0 Å². The molecule has 0 unspecified atom stereocenters. The van der Waals surface area contributed by atoms with Gasteiger partial charge in [-0.2, -0.15) is 0 Å². The quantitative estimate of drug-likeness (QED) is 0.604. The van der Waals surface area contributed by atoms with E-state index in [1.165, 1.54) is 53.5 Å². The van der Waals surface area contributed by atoms with Crippen molar-refractivity contribution in [3.63, 3.8) is 0 Å². The second kappa shape index (κ2) is 8.67. The van der Waals surface area contributed by atoms with Gasteiger partial charge in [0, 0.05) is 0 Å². The first-order valence-corrected chi connectivity index (χ1v) is 10.0. The van der Waals surface area contributed by atoms with E-state index in [0.717, 1.165) is 25.7 Å². The molecule has 0 atom stereocenters. The van der Waals surface area contributed by atoms with Crippen molar-refractivity contribution in [3.05, 3.63) is 59.2 Å². The number of aliphatic hydroxyl groups is 1. The fourth-order valence-corrected chi connectivity index (χ4v) is 4.10. The summed E-state index contributed by atoms with van der Waals surface area (Å²) in [6.45, 7) is 4.48. The molecule has 0 radical (unpaired) electrons. The van der Waals surface area contributed by atoms with Crippen molar-refractivity contribution in [2.45, 2.75) is 77.2 Å². The zero-order valence-electron chi connectivity index (χ0n) is 15.8. The minimum Gasteiger partial charge on any atom is -0.393 e. The smallest absolute Gasteiger partial charge is 0.0540 e. The maximum absolute atomic E-state index is 9.71. The van der Waals surface area contributed by atoms with Gasteiger partial charge in [-0.3, -0.25) is 0 Å². The van der Waals surface area contributed by atoms with Crippen LogP contribution >= 0.6 is 0 Å². The van der Waals surface area contributed by atoms with Crippen LogP contribution in [0.4, 0.5) is 0 Å². The van der Waals surface area contributed by atoms with Crippen molar-refractivity contribution in [1.29, 1.82) is 0 Å². The number of aryl methyl sites for hydroxylation is 2. The summed E-state index contributed by atoms with van der Waals surface area (Å²) in [5.74, 6) is 0.622. The highest BCUT2D eigenvalue weighted by Gasteiger charge is 2.21. The molecule has 25 heavy (non-hydrogen) atoms. The minimum atomic E-state index is -0.0764. The molecule has 1 aliphatic rings. The molecule has 2 aromatic rings. The van der Waals surface area contributed by atoms with Crippen LogP contribution in [0.2, 0.25) is 0 Å². The molecule has 1 saturated carbocycles. The largest absolute Gasteiger partial charge is 0.393 e. The molecule has 3 rings (SSSR count). The van der Waals surface area contributed by atoms with Gasteiger partial charge in [0.05, 0.1) is 6.10 Å². The Morgan fingerprint density at radius 3 is 2.28 bits per heavy atom. The Kier molecular flexibility index (Phi) is 6.31. The molecule has 1 aliphatic carbocycles. The zero-order valence-corrected chi connectivity index (χ0v) is 15.8. The second-order valence-corrected chi connectivity index (χ2v) is 7.73. The third-order valence-corrected chi connectivity index (χ3v) is 5.75. The van der Waals surface area contributed by atoms with Gasteiger partial charge in [-0.25, -0.2) is 0 Å². The minimum absolute atomic E-state index is 0.0764. The van der Waals surface area contributed by atoms with Crippen LogP contribution in [0, 0.1) is 6.92 Å². The van der Waals surface area contributed by atoms with Gasteiger partial charge in [-0.15, -0.1) is 0 Å². The summed E-state index contributed by atoms with van der Waals surface area (Å²) in [5, 5.41) is 9.71. The molecule has 0 spiro atoms. The Bertz CT molecular complexity index is 663. The van der Waals surface area contributed by atoms with Crippen molar-refractivity contribution in [2.24, 2.45) is 0 Å². The topological polar surface area (TPSA) is 20.2 Å². The molecule has 134 valence electrons. The fourth-order valence-electron chi connectivity index (χ4n) is 4.10. The summed E-state index contributed by atoms with van der Waals surface area (Å²) in [5.41, 5.74) is 6.93. The third-order valence-electron chi connectivity index (χ3n) is 5.75. The average Bonchev–Trinajstić information content (AvgIpc) is 2.63. The lowest BCUT2D eigenvalue weighted by atomic mass is 9.81. The van der Waals surface area contributed by atoms with E-state index in [1.54, 1.807) is 0 Å². The number of hydrogen-bond donors (Lipinski definition) is 1. The van der Waals surface area contributed by atoms with Gasteiger partial charge in [0.15, 0.2) is 0 Å². The molecule has 0 aliphatic heterocycles. The van der Waals surface area contributed by atoms with Crippen LogP contribution in [0.25, 0.3) is 11.1 Å². The highest BCUT2D eigenvalue weighted by Crippen LogP contribution is 2.35. The van der Waals surface area contributed by atoms with E-state index in [9.17, 15) is 5.11 Å². The molecular formula is C24H32O. The Morgan fingerprint density at radius 1 is 0.920 bits per heavy atom. The van der Waals surface area contributed by atoms with E-state index in [0.29, 0.717) is 5.92 Å². The van der Waals surface area contributed by atoms with Gasteiger partial charge >= 0.3 is 0 Å². The molecule has 1 nitrogen and oxygen atoms in total. The zero-order chi connectivity index (χ0) is 17.6. The van der Waals surface area contributed by atoms with Crippen LogP contribution in [0.15, 0.2) is 42.5 Å². The van der Waals surface area contributed by atoms with Crippen molar-refractivity contribution in [3.8, 4) is 11.1 Å². The predicted octanol–water partition coefficient (Wildman–Crippen LogP) is 6.41. The molecule has 0 amide bonds. The van der Waals surface area contributed by atoms with E-state index >= 15 is 0 Å². The van der Waals surface area contributed by atoms with Crippen LogP contribution in [-0.2, 0) is 6.42 Å². The third kappa shape index (κ3) is 4.73. The summed E-state index contributed by atoms with van der Waals surface area (Å²) >= 11 is 0. The van der Waals surface area contributed by atoms with Gasteiger partial charge in [0.25, 0.3) is 0 Å². The van der Waals surface area contributed by atoms with Crippen molar-refractivity contribution in [1.82, 2.24) is 0 Å². The van der Waals surface area contributed by atoms with E-state index in [4.69, 9.17) is 0 Å². The van der Waals surface area contributed by atoms with Crippen LogP contribution in [-0.4, -0.2) is 11.2 Å². The first-order valence-electron chi connectivity index (χ1n) is 10.0. The molecular weight excluding hydrogens is 304 g/mol. The molecule has 0 saturated heterocycles. The van der Waals surface area contributed by atoms with Crippen LogP contribution in [0.1, 0.15) is 74.5 Å². The Balaban J connectivity index is 1.70. The lowest BCUT2D eigenvalue weighted by Crippen LogP contribution is -2.17. The van der Waals surface area contributed by atoms with E-state index in [1.807, 2.05) is 0 Å². The normalized spacial score (nSPS) is 20.6. The number of unbranched alkanes of at least 4 members (excludes halogenated alkanes) is 2. The summed E-state index contributed by atoms with van der Waals surface area (Å²) in [4.78, 5) is 0. The van der Waals surface area contributed by atoms with E-state index in [-0.39, 0.29) is 6.10 Å². The Morgan fingerprint density at radius 2 is 1.64 bits per heavy atom. The summed E-state index contributed by atoms with van der Waals surface area (Å²) in [6.07, 6.45) is 9.14. The van der Waals surface area contributed by atoms with Crippen molar-refractivity contribution in [2.75, 3.05) is 0 Å². The monoisotopic (exact) mass is 336 g/mol. The van der Waals surface area contributed by atoms with Gasteiger partial charge in [0.1, 0.15) is 0 Å². The first kappa shape index (κ1) is 18.2. The maximum Gasteiger partial charge on any atom is 0.0540 e. The Hall–Kier alpha value is -1.60. The Labute approximate surface area is 153 Å². The summed E-state index contributed by atoms with van der Waals surface area (Å²) in [7, 11) is 0. The number of hydrogen-bond acceptors (Lipinski definition) is 1. The molecule has 2 aromatic carbocycles. The van der Waals surface area contributed by atoms with Crippen molar-refractivity contribution < 1.29 is 5.11 Å². The van der Waals surface area contributed by atoms with E-state index in [2.05, 4.69) is 56.3 Å². The van der Waals surface area contributed by atoms with Crippen LogP contribution in [0.5, 0.6) is 0 Å². The lowest BCUT2D eigenvalue weighted by molar-refractivity contribution is 0.122. The van der Waals surface area contributed by atoms with Crippen LogP contribution in [0.3, 0.4) is 0 Å². The van der Waals surface area contributed by atoms with Gasteiger partial charge in [-0.05, 0) is 79.2 Å². The molecule has 0 heterocycles. The first-order chi connectivity index (χ1) is 12.2. The molecule has 0 bridgehead atoms. The van der Waals surface area contributed by atoms with Gasteiger partial charge in [-0.1, -0.05) is 62.2 Å². The standard InChI is InChI=1S/C24H32O/c1-3-4-5-6-19-7-9-21(10-8-19)24-16-13-22(17-18(24)2)20-11-14-23(25)15-12-20/h7-10,13,16-17,20,23,25H,3-6,11-12,14-15H2,1-2H3. The summed E-state index contributed by atoms with van der Waals surface area (Å²) in [6, 6.07) is 16.1. The predicted molar refractivity (Wildman–Crippen MR) is 107 cm³/mol. The maximum atomic E-state index is 9.71. The molecule has 1 N–H and O–H groups in total. The average molecular weight is 337 g/mol. The molecule has 0 aromatic heterocycles. The van der Waals surface area contributed by atoms with Gasteiger partial charge in [0.2, 0.25) is 0 Å². The molecule has 1 fully saturated rings.